The minimum Gasteiger partial charge on any atom is -0.423 e. The lowest BCUT2D eigenvalue weighted by atomic mass is 10.1. The molecule has 160 valence electrons. The lowest BCUT2D eigenvalue weighted by molar-refractivity contribution is -0.121. The van der Waals surface area contributed by atoms with Crippen molar-refractivity contribution in [1.82, 2.24) is 5.43 Å². The molecule has 0 fully saturated rings. The third-order valence-corrected chi connectivity index (χ3v) is 4.59. The van der Waals surface area contributed by atoms with E-state index in [4.69, 9.17) is 4.74 Å². The Morgan fingerprint density at radius 3 is 2.33 bits per heavy atom. The first kappa shape index (κ1) is 23.3. The number of nitrogens with zero attached hydrogens (tertiary/aromatic N) is 1. The number of nitrogens with one attached hydrogen (secondary N) is 1. The van der Waals surface area contributed by atoms with Crippen molar-refractivity contribution in [3.8, 4) is 5.75 Å². The van der Waals surface area contributed by atoms with Gasteiger partial charge in [0.05, 0.1) is 11.8 Å². The second kappa shape index (κ2) is 13.2. The first-order valence-electron chi connectivity index (χ1n) is 10.5. The van der Waals surface area contributed by atoms with Gasteiger partial charge in [-0.15, -0.1) is 0 Å². The summed E-state index contributed by atoms with van der Waals surface area (Å²) in [5, 5.41) is 3.95. The lowest BCUT2D eigenvalue weighted by Crippen LogP contribution is -2.16. The zero-order valence-electron chi connectivity index (χ0n) is 17.4. The number of carbonyl (C=O) groups is 2. The van der Waals surface area contributed by atoms with Gasteiger partial charge in [0, 0.05) is 6.42 Å². The largest absolute Gasteiger partial charge is 0.423 e. The molecule has 0 unspecified atom stereocenters. The van der Waals surface area contributed by atoms with Gasteiger partial charge in [0.1, 0.15) is 11.6 Å². The molecule has 1 N–H and O–H groups in total. The van der Waals surface area contributed by atoms with Crippen LogP contribution in [0, 0.1) is 5.82 Å². The number of hydrazone groups is 1. The van der Waals surface area contributed by atoms with Crippen LogP contribution in [-0.2, 0) is 4.79 Å². The molecule has 0 saturated carbocycles. The van der Waals surface area contributed by atoms with E-state index in [1.54, 1.807) is 30.3 Å². The Morgan fingerprint density at radius 2 is 1.63 bits per heavy atom. The van der Waals surface area contributed by atoms with E-state index >= 15 is 0 Å². The Kier molecular flexibility index (Phi) is 10.3. The fourth-order valence-corrected chi connectivity index (χ4v) is 2.89. The molecular weight excluding hydrogens is 383 g/mol. The van der Waals surface area contributed by atoms with E-state index in [1.165, 1.54) is 56.5 Å². The van der Waals surface area contributed by atoms with Crippen LogP contribution in [0.15, 0.2) is 53.6 Å². The monoisotopic (exact) mass is 412 g/mol. The van der Waals surface area contributed by atoms with E-state index in [0.29, 0.717) is 12.2 Å². The van der Waals surface area contributed by atoms with Gasteiger partial charge in [-0.1, -0.05) is 57.6 Å². The number of esters is 1. The lowest BCUT2D eigenvalue weighted by Gasteiger charge is -2.05. The maximum absolute atomic E-state index is 13.6. The van der Waals surface area contributed by atoms with Crippen LogP contribution in [0.2, 0.25) is 0 Å². The van der Waals surface area contributed by atoms with Crippen molar-refractivity contribution in [3.63, 3.8) is 0 Å². The third kappa shape index (κ3) is 8.55. The number of amides is 1. The van der Waals surface area contributed by atoms with Crippen LogP contribution in [0.3, 0.4) is 0 Å². The van der Waals surface area contributed by atoms with Crippen LogP contribution in [-0.4, -0.2) is 18.1 Å². The maximum Gasteiger partial charge on any atom is 0.346 e. The highest BCUT2D eigenvalue weighted by atomic mass is 19.1. The van der Waals surface area contributed by atoms with Crippen molar-refractivity contribution < 1.29 is 18.7 Å². The van der Waals surface area contributed by atoms with Gasteiger partial charge < -0.3 is 4.74 Å². The highest BCUT2D eigenvalue weighted by Crippen LogP contribution is 2.15. The number of ether oxygens (including phenoxy) is 1. The Morgan fingerprint density at radius 1 is 0.967 bits per heavy atom. The van der Waals surface area contributed by atoms with Crippen molar-refractivity contribution in [3.05, 3.63) is 65.5 Å². The van der Waals surface area contributed by atoms with Crippen molar-refractivity contribution in [2.24, 2.45) is 5.10 Å². The summed E-state index contributed by atoms with van der Waals surface area (Å²) in [4.78, 5) is 23.8. The molecule has 0 radical (unpaired) electrons. The minimum atomic E-state index is -0.757. The van der Waals surface area contributed by atoms with Gasteiger partial charge in [0.15, 0.2) is 0 Å². The quantitative estimate of drug-likeness (QED) is 0.161. The Balaban J connectivity index is 1.70. The Bertz CT molecular complexity index is 835. The zero-order valence-corrected chi connectivity index (χ0v) is 17.4. The molecule has 0 saturated heterocycles. The smallest absolute Gasteiger partial charge is 0.346 e. The van der Waals surface area contributed by atoms with E-state index in [0.717, 1.165) is 18.4 Å². The molecule has 0 spiro atoms. The molecule has 0 aliphatic rings. The SMILES string of the molecule is CCCCCCCCCC(=O)NN=Cc1ccc(OC(=O)c2ccccc2F)cc1. The van der Waals surface area contributed by atoms with Crippen LogP contribution >= 0.6 is 0 Å². The van der Waals surface area contributed by atoms with Crippen LogP contribution < -0.4 is 10.2 Å². The van der Waals surface area contributed by atoms with Gasteiger partial charge in [-0.05, 0) is 48.4 Å². The maximum atomic E-state index is 13.6. The number of carbonyl (C=O) groups excluding carboxylic acids is 2. The highest BCUT2D eigenvalue weighted by molar-refractivity contribution is 5.91. The second-order valence-electron chi connectivity index (χ2n) is 7.10. The van der Waals surface area contributed by atoms with Crippen molar-refractivity contribution >= 4 is 18.1 Å². The summed E-state index contributed by atoms with van der Waals surface area (Å²) < 4.78 is 18.8. The predicted molar refractivity (Wildman–Crippen MR) is 116 cm³/mol. The topological polar surface area (TPSA) is 67.8 Å². The molecule has 5 nitrogen and oxygen atoms in total. The van der Waals surface area contributed by atoms with E-state index in [1.807, 2.05) is 0 Å². The standard InChI is InChI=1S/C24H29FN2O3/c1-2-3-4-5-6-7-8-13-23(28)27-26-18-19-14-16-20(17-15-19)30-24(29)21-11-9-10-12-22(21)25/h9-12,14-18H,2-8,13H2,1H3,(H,27,28). The molecule has 2 aromatic carbocycles. The summed E-state index contributed by atoms with van der Waals surface area (Å²) in [6.07, 6.45) is 10.1. The number of unbranched alkanes of at least 4 members (excludes halogenated alkanes) is 6. The number of hydrogen-bond acceptors (Lipinski definition) is 4. The Labute approximate surface area is 177 Å². The van der Waals surface area contributed by atoms with E-state index in [9.17, 15) is 14.0 Å². The first-order chi connectivity index (χ1) is 14.6. The summed E-state index contributed by atoms with van der Waals surface area (Å²) in [5.74, 6) is -1.19. The molecule has 30 heavy (non-hydrogen) atoms. The van der Waals surface area contributed by atoms with Crippen LogP contribution in [0.25, 0.3) is 0 Å². The van der Waals surface area contributed by atoms with Crippen LogP contribution in [0.4, 0.5) is 4.39 Å². The molecule has 1 amide bonds. The molecule has 0 aromatic heterocycles. The molecule has 2 rings (SSSR count). The van der Waals surface area contributed by atoms with Gasteiger partial charge in [0.2, 0.25) is 5.91 Å². The van der Waals surface area contributed by atoms with E-state index in [-0.39, 0.29) is 11.5 Å². The van der Waals surface area contributed by atoms with Gasteiger partial charge in [0.25, 0.3) is 0 Å². The summed E-state index contributed by atoms with van der Waals surface area (Å²) in [7, 11) is 0. The average molecular weight is 413 g/mol. The number of hydrogen-bond donors (Lipinski definition) is 1. The minimum absolute atomic E-state index is 0.102. The van der Waals surface area contributed by atoms with E-state index < -0.39 is 11.8 Å². The Hall–Kier alpha value is -3.02. The molecule has 6 heteroatoms. The molecule has 0 atom stereocenters. The number of benzene rings is 2. The fourth-order valence-electron chi connectivity index (χ4n) is 2.89. The van der Waals surface area contributed by atoms with E-state index in [2.05, 4.69) is 17.5 Å². The zero-order chi connectivity index (χ0) is 21.6. The van der Waals surface area contributed by atoms with Gasteiger partial charge in [-0.25, -0.2) is 14.6 Å². The molecule has 0 aliphatic carbocycles. The average Bonchev–Trinajstić information content (AvgIpc) is 2.74. The molecule has 0 bridgehead atoms. The highest BCUT2D eigenvalue weighted by Gasteiger charge is 2.13. The molecular formula is C24H29FN2O3. The van der Waals surface area contributed by atoms with Crippen molar-refractivity contribution in [1.29, 1.82) is 0 Å². The number of rotatable bonds is 12. The summed E-state index contributed by atoms with van der Waals surface area (Å²) in [6, 6.07) is 12.2. The molecule has 0 aliphatic heterocycles. The number of halogens is 1. The predicted octanol–water partition coefficient (Wildman–Crippen LogP) is 5.64. The van der Waals surface area contributed by atoms with Gasteiger partial charge >= 0.3 is 5.97 Å². The molecule has 2 aromatic rings. The van der Waals surface area contributed by atoms with Gasteiger partial charge in [-0.2, -0.15) is 5.10 Å². The second-order valence-corrected chi connectivity index (χ2v) is 7.10. The van der Waals surface area contributed by atoms with Crippen molar-refractivity contribution in [2.75, 3.05) is 0 Å². The summed E-state index contributed by atoms with van der Waals surface area (Å²) in [6.45, 7) is 2.20. The summed E-state index contributed by atoms with van der Waals surface area (Å²) >= 11 is 0. The van der Waals surface area contributed by atoms with Crippen LogP contribution in [0.5, 0.6) is 5.75 Å². The van der Waals surface area contributed by atoms with Crippen LogP contribution in [0.1, 0.15) is 74.2 Å². The third-order valence-electron chi connectivity index (χ3n) is 4.59. The van der Waals surface area contributed by atoms with Crippen molar-refractivity contribution in [2.45, 2.75) is 58.3 Å². The molecule has 0 heterocycles. The van der Waals surface area contributed by atoms with Gasteiger partial charge in [-0.3, -0.25) is 4.79 Å². The normalized spacial score (nSPS) is 10.9. The summed E-state index contributed by atoms with van der Waals surface area (Å²) in [5.41, 5.74) is 3.13. The first-order valence-corrected chi connectivity index (χ1v) is 10.5. The fraction of sp³-hybridized carbons (Fsp3) is 0.375.